The van der Waals surface area contributed by atoms with E-state index in [1.54, 1.807) is 6.33 Å². The molecule has 1 aromatic rings. The molecule has 1 unspecified atom stereocenters. The maximum atomic E-state index is 6.02. The summed E-state index contributed by atoms with van der Waals surface area (Å²) >= 11 is 0. The Morgan fingerprint density at radius 3 is 3.18 bits per heavy atom. The van der Waals surface area contributed by atoms with Crippen molar-refractivity contribution in [2.24, 2.45) is 0 Å². The average Bonchev–Trinajstić information content (AvgIpc) is 2.75. The highest BCUT2D eigenvalue weighted by atomic mass is 16.5. The average molecular weight is 236 g/mol. The lowest BCUT2D eigenvalue weighted by atomic mass is 9.72. The molecule has 2 fully saturated rings. The highest BCUT2D eigenvalue weighted by molar-refractivity contribution is 5.06. The van der Waals surface area contributed by atoms with Crippen LogP contribution in [0.5, 0.6) is 0 Å². The van der Waals surface area contributed by atoms with Crippen LogP contribution in [0.4, 0.5) is 0 Å². The van der Waals surface area contributed by atoms with Crippen molar-refractivity contribution in [3.05, 3.63) is 12.2 Å². The molecule has 5 heteroatoms. The Morgan fingerprint density at radius 2 is 2.47 bits per heavy atom. The van der Waals surface area contributed by atoms with Crippen LogP contribution in [0.15, 0.2) is 6.33 Å². The third-order valence-corrected chi connectivity index (χ3v) is 4.10. The van der Waals surface area contributed by atoms with Crippen molar-refractivity contribution >= 4 is 0 Å². The number of hydrogen-bond acceptors (Lipinski definition) is 4. The van der Waals surface area contributed by atoms with E-state index in [1.807, 2.05) is 4.68 Å². The zero-order valence-corrected chi connectivity index (χ0v) is 10.4. The van der Waals surface area contributed by atoms with Crippen LogP contribution in [0.3, 0.4) is 0 Å². The predicted molar refractivity (Wildman–Crippen MR) is 63.7 cm³/mol. The Hall–Kier alpha value is -0.940. The van der Waals surface area contributed by atoms with Gasteiger partial charge in [0.2, 0.25) is 0 Å². The highest BCUT2D eigenvalue weighted by Gasteiger charge is 2.47. The first-order valence-corrected chi connectivity index (χ1v) is 6.58. The van der Waals surface area contributed by atoms with Crippen LogP contribution in [-0.2, 0) is 17.7 Å². The Bertz CT molecular complexity index is 386. The fraction of sp³-hybridized carbons (Fsp3) is 0.833. The number of aryl methyl sites for hydroxylation is 1. The third-order valence-electron chi connectivity index (χ3n) is 4.10. The van der Waals surface area contributed by atoms with Crippen molar-refractivity contribution in [2.45, 2.75) is 50.8 Å². The summed E-state index contributed by atoms with van der Waals surface area (Å²) in [6.45, 7) is 4.78. The number of aromatic nitrogens is 3. The molecule has 3 rings (SSSR count). The van der Waals surface area contributed by atoms with Crippen LogP contribution in [0.1, 0.15) is 32.0 Å². The quantitative estimate of drug-likeness (QED) is 0.841. The molecule has 0 amide bonds. The van der Waals surface area contributed by atoms with Crippen molar-refractivity contribution in [3.8, 4) is 0 Å². The maximum Gasteiger partial charge on any atom is 0.138 e. The van der Waals surface area contributed by atoms with Crippen LogP contribution in [0.25, 0.3) is 0 Å². The van der Waals surface area contributed by atoms with Gasteiger partial charge in [-0.05, 0) is 26.2 Å². The van der Waals surface area contributed by atoms with Gasteiger partial charge in [0.1, 0.15) is 12.2 Å². The van der Waals surface area contributed by atoms with Gasteiger partial charge in [-0.1, -0.05) is 0 Å². The predicted octanol–water partition coefficient (Wildman–Crippen LogP) is 0.752. The molecule has 2 aliphatic rings. The molecule has 5 nitrogen and oxygen atoms in total. The largest absolute Gasteiger partial charge is 0.372 e. The molecule has 17 heavy (non-hydrogen) atoms. The van der Waals surface area contributed by atoms with E-state index in [0.717, 1.165) is 31.9 Å². The first-order chi connectivity index (χ1) is 8.34. The van der Waals surface area contributed by atoms with E-state index in [1.165, 1.54) is 19.3 Å². The van der Waals surface area contributed by atoms with Crippen molar-refractivity contribution in [2.75, 3.05) is 13.2 Å². The summed E-state index contributed by atoms with van der Waals surface area (Å²) in [4.78, 5) is 4.36. The summed E-state index contributed by atoms with van der Waals surface area (Å²) in [5, 5.41) is 7.82. The van der Waals surface area contributed by atoms with E-state index in [9.17, 15) is 0 Å². The molecule has 2 heterocycles. The Balaban J connectivity index is 1.75. The maximum absolute atomic E-state index is 6.02. The van der Waals surface area contributed by atoms with Gasteiger partial charge in [-0.2, -0.15) is 5.10 Å². The number of morpholine rings is 1. The van der Waals surface area contributed by atoms with Crippen molar-refractivity contribution < 1.29 is 4.74 Å². The summed E-state index contributed by atoms with van der Waals surface area (Å²) in [5.41, 5.74) is 0.0861. The van der Waals surface area contributed by atoms with Gasteiger partial charge in [-0.25, -0.2) is 4.98 Å². The molecule has 1 saturated heterocycles. The summed E-state index contributed by atoms with van der Waals surface area (Å²) in [6.07, 6.45) is 6.23. The zero-order valence-electron chi connectivity index (χ0n) is 10.4. The van der Waals surface area contributed by atoms with Gasteiger partial charge < -0.3 is 10.1 Å². The highest BCUT2D eigenvalue weighted by Crippen LogP contribution is 2.40. The first kappa shape index (κ1) is 11.2. The van der Waals surface area contributed by atoms with Gasteiger partial charge >= 0.3 is 0 Å². The second-order valence-corrected chi connectivity index (χ2v) is 4.97. The molecule has 1 N–H and O–H groups in total. The Kier molecular flexibility index (Phi) is 2.88. The van der Waals surface area contributed by atoms with Gasteiger partial charge in [-0.15, -0.1) is 0 Å². The first-order valence-electron chi connectivity index (χ1n) is 6.58. The zero-order chi connectivity index (χ0) is 11.7. The van der Waals surface area contributed by atoms with Gasteiger partial charge in [0.05, 0.1) is 12.2 Å². The minimum absolute atomic E-state index is 0.0861. The van der Waals surface area contributed by atoms with E-state index >= 15 is 0 Å². The van der Waals surface area contributed by atoms with E-state index in [0.29, 0.717) is 6.04 Å². The minimum Gasteiger partial charge on any atom is -0.372 e. The Labute approximate surface area is 102 Å². The fourth-order valence-electron chi connectivity index (χ4n) is 2.94. The minimum atomic E-state index is 0.0861. The van der Waals surface area contributed by atoms with Crippen molar-refractivity contribution in [1.29, 1.82) is 0 Å². The molecule has 0 bridgehead atoms. The van der Waals surface area contributed by atoms with E-state index in [-0.39, 0.29) is 5.60 Å². The second kappa shape index (κ2) is 4.38. The van der Waals surface area contributed by atoms with Crippen LogP contribution in [0.2, 0.25) is 0 Å². The van der Waals surface area contributed by atoms with Gasteiger partial charge in [0.25, 0.3) is 0 Å². The van der Waals surface area contributed by atoms with Crippen LogP contribution in [-0.4, -0.2) is 39.6 Å². The summed E-state index contributed by atoms with van der Waals surface area (Å²) in [6, 6.07) is 0.402. The summed E-state index contributed by atoms with van der Waals surface area (Å²) < 4.78 is 7.99. The van der Waals surface area contributed by atoms with E-state index in [2.05, 4.69) is 22.3 Å². The molecule has 1 aliphatic heterocycles. The van der Waals surface area contributed by atoms with Gasteiger partial charge in [0.15, 0.2) is 0 Å². The number of nitrogens with zero attached hydrogens (tertiary/aromatic N) is 3. The van der Waals surface area contributed by atoms with Crippen LogP contribution < -0.4 is 5.32 Å². The monoisotopic (exact) mass is 236 g/mol. The number of nitrogens with one attached hydrogen (secondary N) is 1. The van der Waals surface area contributed by atoms with Gasteiger partial charge in [0, 0.05) is 25.6 Å². The lowest BCUT2D eigenvalue weighted by molar-refractivity contribution is -0.144. The molecule has 1 spiro atoms. The van der Waals surface area contributed by atoms with Crippen LogP contribution >= 0.6 is 0 Å². The van der Waals surface area contributed by atoms with Gasteiger partial charge in [-0.3, -0.25) is 4.68 Å². The van der Waals surface area contributed by atoms with Crippen molar-refractivity contribution in [1.82, 2.24) is 20.1 Å². The standard InChI is InChI=1S/C12H20N4O/c1-2-16-11(14-9-15-16)8-10-12(4-3-5-12)17-7-6-13-10/h9-10,13H,2-8H2,1H3. The smallest absolute Gasteiger partial charge is 0.138 e. The summed E-state index contributed by atoms with van der Waals surface area (Å²) in [7, 11) is 0. The Morgan fingerprint density at radius 1 is 1.59 bits per heavy atom. The lowest BCUT2D eigenvalue weighted by Gasteiger charge is -2.50. The molecule has 1 saturated carbocycles. The fourth-order valence-corrected chi connectivity index (χ4v) is 2.94. The third kappa shape index (κ3) is 1.87. The molecule has 94 valence electrons. The molecular formula is C12H20N4O. The SMILES string of the molecule is CCn1ncnc1CC1NCCOC12CCC2. The number of ether oxygens (including phenoxy) is 1. The van der Waals surface area contributed by atoms with E-state index < -0.39 is 0 Å². The van der Waals surface area contributed by atoms with Crippen molar-refractivity contribution in [3.63, 3.8) is 0 Å². The van der Waals surface area contributed by atoms with E-state index in [4.69, 9.17) is 4.74 Å². The molecule has 1 atom stereocenters. The summed E-state index contributed by atoms with van der Waals surface area (Å²) in [5.74, 6) is 1.07. The molecular weight excluding hydrogens is 216 g/mol. The molecule has 1 aliphatic carbocycles. The second-order valence-electron chi connectivity index (χ2n) is 4.97. The molecule has 0 radical (unpaired) electrons. The number of hydrogen-bond donors (Lipinski definition) is 1. The number of rotatable bonds is 3. The molecule has 1 aromatic heterocycles. The normalized spacial score (nSPS) is 27.0. The lowest BCUT2D eigenvalue weighted by Crippen LogP contribution is -2.62. The topological polar surface area (TPSA) is 52.0 Å². The van der Waals surface area contributed by atoms with Crippen LogP contribution in [0, 0.1) is 0 Å². The molecule has 0 aromatic carbocycles.